The van der Waals surface area contributed by atoms with Crippen molar-refractivity contribution in [3.05, 3.63) is 42.2 Å². The summed E-state index contributed by atoms with van der Waals surface area (Å²) in [5.74, 6) is 0.0115. The minimum atomic E-state index is -0.0613. The largest absolute Gasteiger partial charge is 0.354 e. The summed E-state index contributed by atoms with van der Waals surface area (Å²) >= 11 is 0. The van der Waals surface area contributed by atoms with E-state index in [9.17, 15) is 9.59 Å². The predicted octanol–water partition coefficient (Wildman–Crippen LogP) is 1.43. The standard InChI is InChI=1S/C17H18N4O2/c22-16-14-6-3-7-21(15(14)10-18-16)17(23)13-5-2-1-4-12(13)11-8-19-20-9-11/h1-2,4-5,8-9,14-15H,3,6-7,10H2,(H,18,22)(H,19,20)/t14-,15-/m1/s1. The first-order chi connectivity index (χ1) is 11.3. The van der Waals surface area contributed by atoms with E-state index >= 15 is 0 Å². The fourth-order valence-corrected chi connectivity index (χ4v) is 3.68. The topological polar surface area (TPSA) is 78.1 Å². The van der Waals surface area contributed by atoms with E-state index in [0.29, 0.717) is 18.7 Å². The Labute approximate surface area is 133 Å². The second-order valence-corrected chi connectivity index (χ2v) is 6.09. The van der Waals surface area contributed by atoms with Gasteiger partial charge >= 0.3 is 0 Å². The Balaban J connectivity index is 1.69. The van der Waals surface area contributed by atoms with E-state index in [1.54, 1.807) is 12.4 Å². The second-order valence-electron chi connectivity index (χ2n) is 6.09. The zero-order chi connectivity index (χ0) is 15.8. The van der Waals surface area contributed by atoms with Crippen molar-refractivity contribution in [1.82, 2.24) is 20.4 Å². The molecular formula is C17H18N4O2. The molecule has 1 aromatic heterocycles. The van der Waals surface area contributed by atoms with Gasteiger partial charge in [-0.2, -0.15) is 5.10 Å². The van der Waals surface area contributed by atoms with Crippen molar-refractivity contribution < 1.29 is 9.59 Å². The average Bonchev–Trinajstić information content (AvgIpc) is 3.24. The zero-order valence-corrected chi connectivity index (χ0v) is 12.7. The van der Waals surface area contributed by atoms with Crippen LogP contribution in [0.5, 0.6) is 0 Å². The number of benzene rings is 1. The summed E-state index contributed by atoms with van der Waals surface area (Å²) in [6.45, 7) is 1.26. The molecule has 2 saturated heterocycles. The summed E-state index contributed by atoms with van der Waals surface area (Å²) in [6.07, 6.45) is 5.23. The first-order valence-corrected chi connectivity index (χ1v) is 7.92. The molecule has 0 saturated carbocycles. The number of likely N-dealkylation sites (tertiary alicyclic amines) is 1. The van der Waals surface area contributed by atoms with Gasteiger partial charge in [0.2, 0.25) is 5.91 Å². The lowest BCUT2D eigenvalue weighted by atomic mass is 9.90. The van der Waals surface area contributed by atoms with Gasteiger partial charge in [-0.3, -0.25) is 14.7 Å². The molecule has 0 unspecified atom stereocenters. The van der Waals surface area contributed by atoms with Crippen LogP contribution >= 0.6 is 0 Å². The number of fused-ring (bicyclic) bond motifs is 1. The van der Waals surface area contributed by atoms with Gasteiger partial charge in [-0.05, 0) is 24.5 Å². The van der Waals surface area contributed by atoms with Gasteiger partial charge in [0.1, 0.15) is 0 Å². The Morgan fingerprint density at radius 1 is 1.30 bits per heavy atom. The van der Waals surface area contributed by atoms with Gasteiger partial charge in [0.05, 0.1) is 18.2 Å². The second kappa shape index (κ2) is 5.53. The molecule has 2 aliphatic rings. The minimum Gasteiger partial charge on any atom is -0.354 e. The monoisotopic (exact) mass is 310 g/mol. The van der Waals surface area contributed by atoms with Crippen molar-refractivity contribution >= 4 is 11.8 Å². The van der Waals surface area contributed by atoms with Crippen molar-refractivity contribution in [2.24, 2.45) is 5.92 Å². The molecule has 118 valence electrons. The molecule has 1 aromatic carbocycles. The number of aromatic amines is 1. The molecule has 6 heteroatoms. The third kappa shape index (κ3) is 2.30. The summed E-state index contributed by atoms with van der Waals surface area (Å²) < 4.78 is 0. The molecule has 0 spiro atoms. The van der Waals surface area contributed by atoms with Gasteiger partial charge in [-0.25, -0.2) is 0 Å². The van der Waals surface area contributed by atoms with Crippen LogP contribution in [0.15, 0.2) is 36.7 Å². The highest BCUT2D eigenvalue weighted by Gasteiger charge is 2.43. The lowest BCUT2D eigenvalue weighted by Gasteiger charge is -2.36. The van der Waals surface area contributed by atoms with Crippen molar-refractivity contribution in [1.29, 1.82) is 0 Å². The van der Waals surface area contributed by atoms with Crippen LogP contribution in [-0.2, 0) is 4.79 Å². The number of nitrogens with zero attached hydrogens (tertiary/aromatic N) is 2. The van der Waals surface area contributed by atoms with Crippen LogP contribution in [0.1, 0.15) is 23.2 Å². The van der Waals surface area contributed by atoms with Crippen molar-refractivity contribution in [3.63, 3.8) is 0 Å². The number of rotatable bonds is 2. The van der Waals surface area contributed by atoms with Crippen molar-refractivity contribution in [2.75, 3.05) is 13.1 Å². The predicted molar refractivity (Wildman–Crippen MR) is 84.6 cm³/mol. The number of carbonyl (C=O) groups is 2. The molecule has 0 bridgehead atoms. The summed E-state index contributed by atoms with van der Waals surface area (Å²) in [5.41, 5.74) is 2.42. The Kier molecular flexibility index (Phi) is 3.37. The SMILES string of the molecule is O=C1NC[C@@H]2[C@H]1CCCN2C(=O)c1ccccc1-c1cn[nH]c1. The normalized spacial score (nSPS) is 23.5. The molecule has 2 amide bonds. The Bertz CT molecular complexity index is 741. The van der Waals surface area contributed by atoms with Crippen LogP contribution in [0.25, 0.3) is 11.1 Å². The Hall–Kier alpha value is -2.63. The van der Waals surface area contributed by atoms with Crippen molar-refractivity contribution in [3.8, 4) is 11.1 Å². The lowest BCUT2D eigenvalue weighted by molar-refractivity contribution is -0.123. The quantitative estimate of drug-likeness (QED) is 0.881. The van der Waals surface area contributed by atoms with E-state index in [1.807, 2.05) is 29.2 Å². The third-order valence-electron chi connectivity index (χ3n) is 4.83. The van der Waals surface area contributed by atoms with E-state index in [2.05, 4.69) is 15.5 Å². The summed E-state index contributed by atoms with van der Waals surface area (Å²) in [4.78, 5) is 26.9. The maximum absolute atomic E-state index is 13.1. The molecule has 2 atom stereocenters. The molecule has 2 aromatic rings. The summed E-state index contributed by atoms with van der Waals surface area (Å²) in [5, 5.41) is 9.65. The van der Waals surface area contributed by atoms with E-state index in [0.717, 1.165) is 24.0 Å². The smallest absolute Gasteiger partial charge is 0.254 e. The number of piperidine rings is 1. The van der Waals surface area contributed by atoms with E-state index < -0.39 is 0 Å². The van der Waals surface area contributed by atoms with Crippen LogP contribution in [0, 0.1) is 5.92 Å². The molecule has 6 nitrogen and oxygen atoms in total. The van der Waals surface area contributed by atoms with Gasteiger partial charge in [-0.1, -0.05) is 18.2 Å². The molecule has 2 N–H and O–H groups in total. The highest BCUT2D eigenvalue weighted by atomic mass is 16.2. The molecule has 3 heterocycles. The third-order valence-corrected chi connectivity index (χ3v) is 4.83. The van der Waals surface area contributed by atoms with Crippen LogP contribution < -0.4 is 5.32 Å². The Morgan fingerprint density at radius 2 is 2.17 bits per heavy atom. The first-order valence-electron chi connectivity index (χ1n) is 7.92. The van der Waals surface area contributed by atoms with Gasteiger partial charge in [0, 0.05) is 30.4 Å². The number of carbonyl (C=O) groups excluding carboxylic acids is 2. The van der Waals surface area contributed by atoms with Crippen LogP contribution in [-0.4, -0.2) is 46.0 Å². The van der Waals surface area contributed by atoms with Crippen LogP contribution in [0.4, 0.5) is 0 Å². The average molecular weight is 310 g/mol. The number of nitrogens with one attached hydrogen (secondary N) is 2. The van der Waals surface area contributed by atoms with Gasteiger partial charge < -0.3 is 10.2 Å². The highest BCUT2D eigenvalue weighted by molar-refractivity contribution is 6.01. The fourth-order valence-electron chi connectivity index (χ4n) is 3.68. The molecule has 2 fully saturated rings. The Morgan fingerprint density at radius 3 is 3.00 bits per heavy atom. The van der Waals surface area contributed by atoms with Gasteiger partial charge in [-0.15, -0.1) is 0 Å². The first kappa shape index (κ1) is 14.0. The molecule has 0 radical (unpaired) electrons. The van der Waals surface area contributed by atoms with E-state index in [1.165, 1.54) is 0 Å². The van der Waals surface area contributed by atoms with Gasteiger partial charge in [0.25, 0.3) is 5.91 Å². The number of H-pyrrole nitrogens is 1. The lowest BCUT2D eigenvalue weighted by Crippen LogP contribution is -2.48. The van der Waals surface area contributed by atoms with Gasteiger partial charge in [0.15, 0.2) is 0 Å². The molecule has 2 aliphatic heterocycles. The fraction of sp³-hybridized carbons (Fsp3) is 0.353. The molecule has 4 rings (SSSR count). The highest BCUT2D eigenvalue weighted by Crippen LogP contribution is 2.31. The van der Waals surface area contributed by atoms with Crippen molar-refractivity contribution in [2.45, 2.75) is 18.9 Å². The maximum atomic E-state index is 13.1. The summed E-state index contributed by atoms with van der Waals surface area (Å²) in [7, 11) is 0. The molecule has 23 heavy (non-hydrogen) atoms. The van der Waals surface area contributed by atoms with E-state index in [-0.39, 0.29) is 23.8 Å². The van der Waals surface area contributed by atoms with E-state index in [4.69, 9.17) is 0 Å². The number of aromatic nitrogens is 2. The minimum absolute atomic E-state index is 0.00648. The molecular weight excluding hydrogens is 292 g/mol. The number of hydrogen-bond donors (Lipinski definition) is 2. The maximum Gasteiger partial charge on any atom is 0.254 e. The summed E-state index contributed by atoms with van der Waals surface area (Å²) in [6, 6.07) is 7.53. The molecule has 0 aliphatic carbocycles. The van der Waals surface area contributed by atoms with Crippen LogP contribution in [0.2, 0.25) is 0 Å². The number of amides is 2. The zero-order valence-electron chi connectivity index (χ0n) is 12.7. The van der Waals surface area contributed by atoms with Crippen LogP contribution in [0.3, 0.4) is 0 Å². The number of hydrogen-bond acceptors (Lipinski definition) is 3.